The minimum atomic E-state index is -0.875. The van der Waals surface area contributed by atoms with Crippen molar-refractivity contribution < 1.29 is 9.90 Å². The van der Waals surface area contributed by atoms with Crippen LogP contribution < -0.4 is 5.32 Å². The molecule has 18 heavy (non-hydrogen) atoms. The van der Waals surface area contributed by atoms with Crippen molar-refractivity contribution in [2.75, 3.05) is 5.32 Å². The van der Waals surface area contributed by atoms with Gasteiger partial charge in [0.1, 0.15) is 6.04 Å². The van der Waals surface area contributed by atoms with E-state index in [1.165, 1.54) is 0 Å². The fourth-order valence-corrected chi connectivity index (χ4v) is 2.08. The Labute approximate surface area is 115 Å². The van der Waals surface area contributed by atoms with Gasteiger partial charge in [0.2, 0.25) is 0 Å². The zero-order chi connectivity index (χ0) is 13.7. The monoisotopic (exact) mass is 310 g/mol. The lowest BCUT2D eigenvalue weighted by atomic mass is 10.0. The SMILES string of the molecule is CC(C)C[C@H](Nc1ccc(C#N)cc1Br)C(=O)O. The first-order valence-corrected chi connectivity index (χ1v) is 6.42. The average Bonchev–Trinajstić information content (AvgIpc) is 2.29. The largest absolute Gasteiger partial charge is 0.480 e. The molecule has 0 amide bonds. The molecular weight excluding hydrogens is 296 g/mol. The molecule has 96 valence electrons. The maximum absolute atomic E-state index is 11.1. The molecule has 0 bridgehead atoms. The molecule has 0 heterocycles. The fraction of sp³-hybridized carbons (Fsp3) is 0.385. The summed E-state index contributed by atoms with van der Waals surface area (Å²) in [6.07, 6.45) is 0.543. The number of benzene rings is 1. The van der Waals surface area contributed by atoms with Crippen molar-refractivity contribution in [2.45, 2.75) is 26.3 Å². The van der Waals surface area contributed by atoms with E-state index >= 15 is 0 Å². The predicted molar refractivity (Wildman–Crippen MR) is 73.4 cm³/mol. The number of anilines is 1. The van der Waals surface area contributed by atoms with E-state index < -0.39 is 12.0 Å². The highest BCUT2D eigenvalue weighted by molar-refractivity contribution is 9.10. The van der Waals surface area contributed by atoms with Gasteiger partial charge in [-0.15, -0.1) is 0 Å². The van der Waals surface area contributed by atoms with Crippen molar-refractivity contribution in [3.05, 3.63) is 28.2 Å². The summed E-state index contributed by atoms with van der Waals surface area (Å²) in [5.41, 5.74) is 1.21. The Bertz CT molecular complexity index is 480. The summed E-state index contributed by atoms with van der Waals surface area (Å²) in [5, 5.41) is 20.9. The highest BCUT2D eigenvalue weighted by Gasteiger charge is 2.19. The molecular formula is C13H15BrN2O2. The minimum absolute atomic E-state index is 0.288. The summed E-state index contributed by atoms with van der Waals surface area (Å²) in [6, 6.07) is 6.42. The number of nitrogens with zero attached hydrogens (tertiary/aromatic N) is 1. The number of nitrogens with one attached hydrogen (secondary N) is 1. The number of carboxylic acid groups (broad SMARTS) is 1. The standard InChI is InChI=1S/C13H15BrN2O2/c1-8(2)5-12(13(17)18)16-11-4-3-9(7-15)6-10(11)14/h3-4,6,8,12,16H,5H2,1-2H3,(H,17,18)/t12-/m0/s1. The van der Waals surface area contributed by atoms with E-state index in [9.17, 15) is 4.79 Å². The van der Waals surface area contributed by atoms with Gasteiger partial charge in [-0.3, -0.25) is 0 Å². The van der Waals surface area contributed by atoms with Crippen LogP contribution in [-0.2, 0) is 4.79 Å². The highest BCUT2D eigenvalue weighted by Crippen LogP contribution is 2.25. The Morgan fingerprint density at radius 2 is 2.22 bits per heavy atom. The van der Waals surface area contributed by atoms with E-state index in [2.05, 4.69) is 21.2 Å². The Morgan fingerprint density at radius 1 is 1.56 bits per heavy atom. The molecule has 0 saturated heterocycles. The van der Waals surface area contributed by atoms with Crippen molar-refractivity contribution in [3.63, 3.8) is 0 Å². The zero-order valence-corrected chi connectivity index (χ0v) is 11.9. The molecule has 0 unspecified atom stereocenters. The van der Waals surface area contributed by atoms with E-state index in [-0.39, 0.29) is 5.92 Å². The van der Waals surface area contributed by atoms with E-state index in [0.29, 0.717) is 22.1 Å². The lowest BCUT2D eigenvalue weighted by Gasteiger charge is -2.18. The van der Waals surface area contributed by atoms with Gasteiger partial charge in [-0.2, -0.15) is 5.26 Å². The maximum atomic E-state index is 11.1. The van der Waals surface area contributed by atoms with Crippen LogP contribution in [0.4, 0.5) is 5.69 Å². The molecule has 0 radical (unpaired) electrons. The first-order chi connectivity index (χ1) is 8.43. The van der Waals surface area contributed by atoms with Gasteiger partial charge in [-0.1, -0.05) is 13.8 Å². The average molecular weight is 311 g/mol. The van der Waals surface area contributed by atoms with Gasteiger partial charge in [0.15, 0.2) is 0 Å². The Kier molecular flexibility index (Phi) is 5.17. The van der Waals surface area contributed by atoms with Crippen LogP contribution in [0.15, 0.2) is 22.7 Å². The molecule has 0 aliphatic rings. The second-order valence-electron chi connectivity index (χ2n) is 4.47. The summed E-state index contributed by atoms with van der Waals surface area (Å²) >= 11 is 3.33. The summed E-state index contributed by atoms with van der Waals surface area (Å²) in [6.45, 7) is 3.96. The summed E-state index contributed by atoms with van der Waals surface area (Å²) in [7, 11) is 0. The van der Waals surface area contributed by atoms with Gasteiger partial charge in [-0.25, -0.2) is 4.79 Å². The normalized spacial score (nSPS) is 11.9. The van der Waals surface area contributed by atoms with E-state index in [0.717, 1.165) is 0 Å². The van der Waals surface area contributed by atoms with Crippen LogP contribution in [0, 0.1) is 17.2 Å². The molecule has 1 aromatic rings. The second-order valence-corrected chi connectivity index (χ2v) is 5.33. The third kappa shape index (κ3) is 4.04. The molecule has 0 aliphatic carbocycles. The van der Waals surface area contributed by atoms with Crippen molar-refractivity contribution in [2.24, 2.45) is 5.92 Å². The molecule has 0 aromatic heterocycles. The molecule has 1 rings (SSSR count). The summed E-state index contributed by atoms with van der Waals surface area (Å²) < 4.78 is 0.691. The minimum Gasteiger partial charge on any atom is -0.480 e. The van der Waals surface area contributed by atoms with Crippen molar-refractivity contribution in [3.8, 4) is 6.07 Å². The number of halogens is 1. The van der Waals surface area contributed by atoms with E-state index in [1.807, 2.05) is 19.9 Å². The number of carbonyl (C=O) groups is 1. The Balaban J connectivity index is 2.88. The number of aliphatic carboxylic acids is 1. The van der Waals surface area contributed by atoms with Gasteiger partial charge in [0.05, 0.1) is 11.6 Å². The molecule has 0 fully saturated rings. The smallest absolute Gasteiger partial charge is 0.326 e. The van der Waals surface area contributed by atoms with Crippen LogP contribution >= 0.6 is 15.9 Å². The molecule has 1 atom stereocenters. The molecule has 0 saturated carbocycles. The second kappa shape index (κ2) is 6.41. The lowest BCUT2D eigenvalue weighted by Crippen LogP contribution is -2.30. The molecule has 2 N–H and O–H groups in total. The summed E-state index contributed by atoms with van der Waals surface area (Å²) in [5.74, 6) is -0.587. The van der Waals surface area contributed by atoms with Crippen LogP contribution in [0.1, 0.15) is 25.8 Å². The van der Waals surface area contributed by atoms with Crippen LogP contribution in [-0.4, -0.2) is 17.1 Å². The molecule has 1 aromatic carbocycles. The third-order valence-electron chi connectivity index (χ3n) is 2.43. The number of carboxylic acids is 1. The van der Waals surface area contributed by atoms with Crippen molar-refractivity contribution in [1.82, 2.24) is 0 Å². The fourth-order valence-electron chi connectivity index (χ4n) is 1.58. The van der Waals surface area contributed by atoms with E-state index in [1.54, 1.807) is 18.2 Å². The topological polar surface area (TPSA) is 73.1 Å². The predicted octanol–water partition coefficient (Wildman–Crippen LogP) is 3.23. The summed E-state index contributed by atoms with van der Waals surface area (Å²) in [4.78, 5) is 11.1. The molecule has 5 heteroatoms. The molecule has 4 nitrogen and oxygen atoms in total. The molecule has 0 aliphatic heterocycles. The first kappa shape index (κ1) is 14.5. The van der Waals surface area contributed by atoms with Gasteiger partial charge in [-0.05, 0) is 46.5 Å². The highest BCUT2D eigenvalue weighted by atomic mass is 79.9. The van der Waals surface area contributed by atoms with E-state index in [4.69, 9.17) is 10.4 Å². The Hall–Kier alpha value is -1.54. The lowest BCUT2D eigenvalue weighted by molar-refractivity contribution is -0.138. The van der Waals surface area contributed by atoms with Crippen LogP contribution in [0.2, 0.25) is 0 Å². The third-order valence-corrected chi connectivity index (χ3v) is 3.09. The van der Waals surface area contributed by atoms with Crippen LogP contribution in [0.5, 0.6) is 0 Å². The number of nitriles is 1. The zero-order valence-electron chi connectivity index (χ0n) is 10.3. The Morgan fingerprint density at radius 3 is 2.67 bits per heavy atom. The van der Waals surface area contributed by atoms with Crippen molar-refractivity contribution in [1.29, 1.82) is 5.26 Å². The van der Waals surface area contributed by atoms with Gasteiger partial charge in [0.25, 0.3) is 0 Å². The van der Waals surface area contributed by atoms with Crippen molar-refractivity contribution >= 4 is 27.6 Å². The molecule has 0 spiro atoms. The number of hydrogen-bond acceptors (Lipinski definition) is 3. The first-order valence-electron chi connectivity index (χ1n) is 5.63. The quantitative estimate of drug-likeness (QED) is 0.875. The number of rotatable bonds is 5. The van der Waals surface area contributed by atoms with Gasteiger partial charge < -0.3 is 10.4 Å². The maximum Gasteiger partial charge on any atom is 0.326 e. The van der Waals surface area contributed by atoms with Gasteiger partial charge in [0, 0.05) is 10.2 Å². The number of hydrogen-bond donors (Lipinski definition) is 2. The van der Waals surface area contributed by atoms with Crippen LogP contribution in [0.3, 0.4) is 0 Å². The van der Waals surface area contributed by atoms with Crippen LogP contribution in [0.25, 0.3) is 0 Å². The van der Waals surface area contributed by atoms with Gasteiger partial charge >= 0.3 is 5.97 Å².